The van der Waals surface area contributed by atoms with Crippen molar-refractivity contribution < 1.29 is 9.47 Å². The average Bonchev–Trinajstić information content (AvgIpc) is 3.28. The molecule has 0 bridgehead atoms. The minimum absolute atomic E-state index is 0.576. The van der Waals surface area contributed by atoms with Crippen molar-refractivity contribution in [3.8, 4) is 11.5 Å². The summed E-state index contributed by atoms with van der Waals surface area (Å²) in [7, 11) is 1.64. The van der Waals surface area contributed by atoms with Crippen LogP contribution >= 0.6 is 0 Å². The van der Waals surface area contributed by atoms with Crippen molar-refractivity contribution in [1.29, 1.82) is 0 Å². The van der Waals surface area contributed by atoms with E-state index in [0.29, 0.717) is 18.9 Å². The van der Waals surface area contributed by atoms with E-state index in [2.05, 4.69) is 26.6 Å². The van der Waals surface area contributed by atoms with Crippen LogP contribution in [0.1, 0.15) is 32.3 Å². The first-order chi connectivity index (χ1) is 14.2. The Balaban J connectivity index is 1.71. The smallest absolute Gasteiger partial charge is 0.196 e. The van der Waals surface area contributed by atoms with E-state index in [1.54, 1.807) is 7.11 Å². The van der Waals surface area contributed by atoms with Gasteiger partial charge in [-0.3, -0.25) is 0 Å². The Labute approximate surface area is 173 Å². The van der Waals surface area contributed by atoms with Crippen molar-refractivity contribution in [3.63, 3.8) is 0 Å². The third-order valence-electron chi connectivity index (χ3n) is 4.73. The maximum Gasteiger partial charge on any atom is 0.196 e. The molecular weight excluding hydrogens is 366 g/mol. The molecule has 1 fully saturated rings. The lowest BCUT2D eigenvalue weighted by Gasteiger charge is -2.17. The fraction of sp³-hybridized carbons (Fsp3) is 0.455. The van der Waals surface area contributed by atoms with Gasteiger partial charge >= 0.3 is 0 Å². The standard InChI is InChI=1S/C22H31N5O2/c1-4-23-22(26-18-8-9-19(29-5-2)20(15-18)28-3)25-16-17-10-11-24-21(14-17)27-12-6-7-13-27/h8-11,14-15H,4-7,12-13,16H2,1-3H3,(H2,23,25,26). The van der Waals surface area contributed by atoms with Gasteiger partial charge in [0.1, 0.15) is 5.82 Å². The molecule has 2 heterocycles. The first-order valence-corrected chi connectivity index (χ1v) is 10.3. The third-order valence-corrected chi connectivity index (χ3v) is 4.73. The van der Waals surface area contributed by atoms with Crippen LogP contribution in [-0.2, 0) is 6.54 Å². The maximum atomic E-state index is 5.59. The summed E-state index contributed by atoms with van der Waals surface area (Å²) < 4.78 is 11.0. The Morgan fingerprint density at radius 3 is 2.69 bits per heavy atom. The molecule has 0 radical (unpaired) electrons. The normalized spacial score (nSPS) is 14.0. The van der Waals surface area contributed by atoms with Gasteiger partial charge in [-0.1, -0.05) is 0 Å². The minimum Gasteiger partial charge on any atom is -0.493 e. The van der Waals surface area contributed by atoms with Crippen LogP contribution in [0.25, 0.3) is 0 Å². The molecule has 7 heteroatoms. The molecule has 2 aromatic rings. The third kappa shape index (κ3) is 5.76. The lowest BCUT2D eigenvalue weighted by atomic mass is 10.2. The number of nitrogens with one attached hydrogen (secondary N) is 2. The molecule has 1 aliphatic heterocycles. The molecule has 0 amide bonds. The molecule has 0 atom stereocenters. The van der Waals surface area contributed by atoms with E-state index in [-0.39, 0.29) is 0 Å². The van der Waals surface area contributed by atoms with Crippen molar-refractivity contribution in [2.24, 2.45) is 4.99 Å². The summed E-state index contributed by atoms with van der Waals surface area (Å²) in [5.74, 6) is 3.19. The zero-order chi connectivity index (χ0) is 20.5. The van der Waals surface area contributed by atoms with Gasteiger partial charge in [0.25, 0.3) is 0 Å². The molecule has 1 aromatic carbocycles. The molecule has 29 heavy (non-hydrogen) atoms. The van der Waals surface area contributed by atoms with Gasteiger partial charge in [0.05, 0.1) is 20.3 Å². The second-order valence-electron chi connectivity index (χ2n) is 6.84. The Kier molecular flexibility index (Phi) is 7.55. The van der Waals surface area contributed by atoms with Crippen molar-refractivity contribution in [3.05, 3.63) is 42.1 Å². The van der Waals surface area contributed by atoms with Gasteiger partial charge in [-0.05, 0) is 56.5 Å². The van der Waals surface area contributed by atoms with Crippen LogP contribution in [0.3, 0.4) is 0 Å². The number of nitrogens with zero attached hydrogens (tertiary/aromatic N) is 3. The van der Waals surface area contributed by atoms with Gasteiger partial charge in [0.2, 0.25) is 0 Å². The molecule has 2 N–H and O–H groups in total. The predicted molar refractivity (Wildman–Crippen MR) is 118 cm³/mol. The van der Waals surface area contributed by atoms with Crippen molar-refractivity contribution in [1.82, 2.24) is 10.3 Å². The summed E-state index contributed by atoms with van der Waals surface area (Å²) in [6.45, 7) is 8.12. The molecule has 7 nitrogen and oxygen atoms in total. The van der Waals surface area contributed by atoms with Gasteiger partial charge in [-0.25, -0.2) is 9.98 Å². The zero-order valence-corrected chi connectivity index (χ0v) is 17.6. The molecule has 1 aromatic heterocycles. The number of rotatable bonds is 8. The second kappa shape index (κ2) is 10.5. The molecule has 1 saturated heterocycles. The number of hydrogen-bond acceptors (Lipinski definition) is 5. The number of methoxy groups -OCH3 is 1. The minimum atomic E-state index is 0.576. The van der Waals surface area contributed by atoms with Gasteiger partial charge in [-0.15, -0.1) is 0 Å². The second-order valence-corrected chi connectivity index (χ2v) is 6.84. The highest BCUT2D eigenvalue weighted by Gasteiger charge is 2.13. The van der Waals surface area contributed by atoms with E-state index >= 15 is 0 Å². The Bertz CT molecular complexity index is 819. The summed E-state index contributed by atoms with van der Waals surface area (Å²) in [5, 5.41) is 6.63. The average molecular weight is 398 g/mol. The largest absolute Gasteiger partial charge is 0.493 e. The Morgan fingerprint density at radius 1 is 1.14 bits per heavy atom. The number of benzene rings is 1. The van der Waals surface area contributed by atoms with Crippen molar-refractivity contribution >= 4 is 17.5 Å². The number of hydrogen-bond donors (Lipinski definition) is 2. The lowest BCUT2D eigenvalue weighted by Crippen LogP contribution is -2.30. The fourth-order valence-corrected chi connectivity index (χ4v) is 3.31. The molecule has 0 aliphatic carbocycles. The summed E-state index contributed by atoms with van der Waals surface area (Å²) in [5.41, 5.74) is 2.03. The monoisotopic (exact) mass is 397 g/mol. The van der Waals surface area contributed by atoms with E-state index < -0.39 is 0 Å². The van der Waals surface area contributed by atoms with E-state index in [1.807, 2.05) is 44.3 Å². The quantitative estimate of drug-likeness (QED) is 0.523. The fourth-order valence-electron chi connectivity index (χ4n) is 3.31. The first-order valence-electron chi connectivity index (χ1n) is 10.3. The van der Waals surface area contributed by atoms with E-state index in [0.717, 1.165) is 48.4 Å². The van der Waals surface area contributed by atoms with Crippen molar-refractivity contribution in [2.45, 2.75) is 33.2 Å². The number of ether oxygens (including phenoxy) is 2. The van der Waals surface area contributed by atoms with Crippen LogP contribution in [0, 0.1) is 0 Å². The van der Waals surface area contributed by atoms with E-state index in [4.69, 9.17) is 14.5 Å². The van der Waals surface area contributed by atoms with E-state index in [9.17, 15) is 0 Å². The SMILES string of the molecule is CCNC(=NCc1ccnc(N2CCCC2)c1)Nc1ccc(OCC)c(OC)c1. The maximum absolute atomic E-state index is 5.59. The highest BCUT2D eigenvalue weighted by Crippen LogP contribution is 2.30. The molecule has 0 unspecified atom stereocenters. The van der Waals surface area contributed by atoms with Crippen LogP contribution < -0.4 is 25.0 Å². The summed E-state index contributed by atoms with van der Waals surface area (Å²) in [6, 6.07) is 9.93. The molecule has 156 valence electrons. The van der Waals surface area contributed by atoms with Crippen LogP contribution in [0.5, 0.6) is 11.5 Å². The van der Waals surface area contributed by atoms with Gasteiger partial charge < -0.3 is 25.0 Å². The lowest BCUT2D eigenvalue weighted by molar-refractivity contribution is 0.311. The molecule has 3 rings (SSSR count). The Hall–Kier alpha value is -2.96. The van der Waals surface area contributed by atoms with Crippen LogP contribution in [0.4, 0.5) is 11.5 Å². The van der Waals surface area contributed by atoms with Gasteiger partial charge in [0, 0.05) is 37.6 Å². The van der Waals surface area contributed by atoms with Crippen LogP contribution in [0.2, 0.25) is 0 Å². The topological polar surface area (TPSA) is 71.0 Å². The Morgan fingerprint density at radius 2 is 1.97 bits per heavy atom. The molecule has 0 saturated carbocycles. The summed E-state index contributed by atoms with van der Waals surface area (Å²) in [6.07, 6.45) is 4.35. The van der Waals surface area contributed by atoms with Gasteiger partial charge in [0.15, 0.2) is 17.5 Å². The predicted octanol–water partition coefficient (Wildman–Crippen LogP) is 3.67. The molecule has 0 spiro atoms. The number of guanidine groups is 1. The number of aromatic nitrogens is 1. The van der Waals surface area contributed by atoms with Crippen LogP contribution in [0.15, 0.2) is 41.5 Å². The number of pyridine rings is 1. The summed E-state index contributed by atoms with van der Waals surface area (Å²) in [4.78, 5) is 11.6. The van der Waals surface area contributed by atoms with E-state index in [1.165, 1.54) is 12.8 Å². The molecular formula is C22H31N5O2. The number of aliphatic imine (C=N–C) groups is 1. The summed E-state index contributed by atoms with van der Waals surface area (Å²) >= 11 is 0. The highest BCUT2D eigenvalue weighted by molar-refractivity contribution is 5.93. The van der Waals surface area contributed by atoms with Gasteiger partial charge in [-0.2, -0.15) is 0 Å². The van der Waals surface area contributed by atoms with Crippen molar-refractivity contribution in [2.75, 3.05) is 43.6 Å². The van der Waals surface area contributed by atoms with Crippen LogP contribution in [-0.4, -0.2) is 44.3 Å². The molecule has 1 aliphatic rings. The number of anilines is 2. The first kappa shape index (κ1) is 20.8. The highest BCUT2D eigenvalue weighted by atomic mass is 16.5. The zero-order valence-electron chi connectivity index (χ0n) is 17.6.